The summed E-state index contributed by atoms with van der Waals surface area (Å²) >= 11 is 0. The van der Waals surface area contributed by atoms with Crippen LogP contribution in [0.1, 0.15) is 12.8 Å². The van der Waals surface area contributed by atoms with Crippen LogP contribution in [0.15, 0.2) is 0 Å². The molecule has 92 valence electrons. The topological polar surface area (TPSA) is 86.7 Å². The molecule has 6 nitrogen and oxygen atoms in total. The second-order valence-electron chi connectivity index (χ2n) is 3.70. The Bertz CT molecular complexity index is 308. The summed E-state index contributed by atoms with van der Waals surface area (Å²) in [5.41, 5.74) is 0. The number of hydrogen-bond donors (Lipinski definition) is 2. The van der Waals surface area contributed by atoms with Crippen LogP contribution in [0, 0.1) is 0 Å². The number of carbonyl (C=O) groups is 2. The lowest BCUT2D eigenvalue weighted by molar-refractivity contribution is -0.141. The minimum atomic E-state index is -0.966. The second-order valence-corrected chi connectivity index (χ2v) is 5.25. The Labute approximate surface area is 96.5 Å². The number of nitrogens with zero attached hydrogens (tertiary/aromatic N) is 1. The molecular weight excluding hydrogens is 232 g/mol. The second kappa shape index (κ2) is 5.83. The largest absolute Gasteiger partial charge is 0.480 e. The van der Waals surface area contributed by atoms with Gasteiger partial charge < -0.3 is 15.3 Å². The highest BCUT2D eigenvalue weighted by Gasteiger charge is 2.33. The zero-order valence-electron chi connectivity index (χ0n) is 9.14. The third-order valence-corrected chi connectivity index (χ3v) is 3.24. The van der Waals surface area contributed by atoms with E-state index in [-0.39, 0.29) is 6.03 Å². The summed E-state index contributed by atoms with van der Waals surface area (Å²) in [6, 6.07) is -1.09. The SMILES string of the molecule is CS(=O)CCNC(=O)N1CCCC1C(=O)O. The number of nitrogens with one attached hydrogen (secondary N) is 1. The number of carboxylic acids is 1. The standard InChI is InChI=1S/C9H16N2O4S/c1-16(15)6-4-10-9(14)11-5-2-3-7(11)8(12)13/h7H,2-6H2,1H3,(H,10,14)(H,12,13). The van der Waals surface area contributed by atoms with Crippen molar-refractivity contribution in [1.29, 1.82) is 0 Å². The minimum Gasteiger partial charge on any atom is -0.480 e. The van der Waals surface area contributed by atoms with Gasteiger partial charge in [-0.2, -0.15) is 0 Å². The lowest BCUT2D eigenvalue weighted by Gasteiger charge is -2.21. The number of aliphatic carboxylic acids is 1. The molecule has 16 heavy (non-hydrogen) atoms. The van der Waals surface area contributed by atoms with E-state index in [1.807, 2.05) is 0 Å². The van der Waals surface area contributed by atoms with Crippen molar-refractivity contribution in [2.75, 3.05) is 25.1 Å². The summed E-state index contributed by atoms with van der Waals surface area (Å²) in [4.78, 5) is 23.7. The normalized spacial score (nSPS) is 21.8. The zero-order chi connectivity index (χ0) is 12.1. The van der Waals surface area contributed by atoms with E-state index >= 15 is 0 Å². The summed E-state index contributed by atoms with van der Waals surface area (Å²) in [7, 11) is -0.951. The van der Waals surface area contributed by atoms with E-state index in [1.165, 1.54) is 4.90 Å². The number of urea groups is 1. The van der Waals surface area contributed by atoms with Gasteiger partial charge in [-0.1, -0.05) is 0 Å². The maximum atomic E-state index is 11.6. The molecule has 2 atom stereocenters. The van der Waals surface area contributed by atoms with E-state index in [2.05, 4.69) is 5.32 Å². The number of carbonyl (C=O) groups excluding carboxylic acids is 1. The van der Waals surface area contributed by atoms with Crippen molar-refractivity contribution in [2.45, 2.75) is 18.9 Å². The molecule has 0 bridgehead atoms. The molecule has 0 aromatic rings. The number of hydrogen-bond acceptors (Lipinski definition) is 3. The van der Waals surface area contributed by atoms with Crippen LogP contribution >= 0.6 is 0 Å². The van der Waals surface area contributed by atoms with E-state index in [1.54, 1.807) is 6.26 Å². The molecule has 1 saturated heterocycles. The summed E-state index contributed by atoms with van der Waals surface area (Å²) in [5.74, 6) is -0.580. The molecule has 0 spiro atoms. The molecule has 7 heteroatoms. The average molecular weight is 248 g/mol. The lowest BCUT2D eigenvalue weighted by atomic mass is 10.2. The molecule has 2 N–H and O–H groups in total. The van der Waals surface area contributed by atoms with E-state index < -0.39 is 22.8 Å². The van der Waals surface area contributed by atoms with Gasteiger partial charge in [0, 0.05) is 35.9 Å². The van der Waals surface area contributed by atoms with Crippen LogP contribution in [0.3, 0.4) is 0 Å². The van der Waals surface area contributed by atoms with Crippen LogP contribution in [0.4, 0.5) is 4.79 Å². The fraction of sp³-hybridized carbons (Fsp3) is 0.778. The molecule has 0 aromatic carbocycles. The molecule has 1 aliphatic heterocycles. The Morgan fingerprint density at radius 1 is 1.56 bits per heavy atom. The van der Waals surface area contributed by atoms with E-state index in [0.29, 0.717) is 31.7 Å². The fourth-order valence-electron chi connectivity index (χ4n) is 1.67. The van der Waals surface area contributed by atoms with Crippen LogP contribution in [-0.2, 0) is 15.6 Å². The highest BCUT2D eigenvalue weighted by molar-refractivity contribution is 7.84. The van der Waals surface area contributed by atoms with Crippen LogP contribution in [-0.4, -0.2) is 57.4 Å². The van der Waals surface area contributed by atoms with Crippen molar-refractivity contribution in [2.24, 2.45) is 0 Å². The van der Waals surface area contributed by atoms with Gasteiger partial charge in [-0.05, 0) is 12.8 Å². The molecule has 1 aliphatic rings. The molecule has 0 aliphatic carbocycles. The smallest absolute Gasteiger partial charge is 0.326 e. The summed E-state index contributed by atoms with van der Waals surface area (Å²) < 4.78 is 10.8. The summed E-state index contributed by atoms with van der Waals surface area (Å²) in [6.45, 7) is 0.781. The van der Waals surface area contributed by atoms with Crippen molar-refractivity contribution >= 4 is 22.8 Å². The third-order valence-electron chi connectivity index (χ3n) is 2.46. The Morgan fingerprint density at radius 3 is 2.81 bits per heavy atom. The van der Waals surface area contributed by atoms with Crippen LogP contribution in [0.25, 0.3) is 0 Å². The van der Waals surface area contributed by atoms with Crippen molar-refractivity contribution in [3.8, 4) is 0 Å². The third kappa shape index (κ3) is 3.48. The van der Waals surface area contributed by atoms with Crippen molar-refractivity contribution in [3.05, 3.63) is 0 Å². The molecule has 1 rings (SSSR count). The Hall–Kier alpha value is -1.11. The average Bonchev–Trinajstić information content (AvgIpc) is 2.65. The summed E-state index contributed by atoms with van der Waals surface area (Å²) in [6.07, 6.45) is 2.77. The van der Waals surface area contributed by atoms with Crippen molar-refractivity contribution in [1.82, 2.24) is 10.2 Å². The van der Waals surface area contributed by atoms with Crippen LogP contribution in [0.5, 0.6) is 0 Å². The van der Waals surface area contributed by atoms with Gasteiger partial charge in [-0.3, -0.25) is 4.21 Å². The predicted octanol–water partition coefficient (Wildman–Crippen LogP) is -0.376. The first-order chi connectivity index (χ1) is 7.52. The zero-order valence-corrected chi connectivity index (χ0v) is 9.96. The molecule has 0 radical (unpaired) electrons. The van der Waals surface area contributed by atoms with E-state index in [0.717, 1.165) is 0 Å². The molecular formula is C9H16N2O4S. The van der Waals surface area contributed by atoms with Crippen LogP contribution < -0.4 is 5.32 Å². The molecule has 2 amide bonds. The maximum absolute atomic E-state index is 11.6. The van der Waals surface area contributed by atoms with Crippen LogP contribution in [0.2, 0.25) is 0 Å². The predicted molar refractivity (Wildman–Crippen MR) is 59.7 cm³/mol. The Morgan fingerprint density at radius 2 is 2.25 bits per heavy atom. The first kappa shape index (κ1) is 13.0. The summed E-state index contributed by atoms with van der Waals surface area (Å²) in [5, 5.41) is 11.4. The van der Waals surface area contributed by atoms with Gasteiger partial charge >= 0.3 is 12.0 Å². The number of likely N-dealkylation sites (tertiary alicyclic amines) is 1. The highest BCUT2D eigenvalue weighted by Crippen LogP contribution is 2.16. The van der Waals surface area contributed by atoms with E-state index in [4.69, 9.17) is 5.11 Å². The van der Waals surface area contributed by atoms with Gasteiger partial charge in [0.25, 0.3) is 0 Å². The number of rotatable bonds is 4. The number of carboxylic acid groups (broad SMARTS) is 1. The van der Waals surface area contributed by atoms with Gasteiger partial charge in [-0.25, -0.2) is 9.59 Å². The van der Waals surface area contributed by atoms with Crippen molar-refractivity contribution < 1.29 is 18.9 Å². The van der Waals surface area contributed by atoms with Gasteiger partial charge in [0.2, 0.25) is 0 Å². The van der Waals surface area contributed by atoms with E-state index in [9.17, 15) is 13.8 Å². The van der Waals surface area contributed by atoms with Gasteiger partial charge in [0.1, 0.15) is 6.04 Å². The highest BCUT2D eigenvalue weighted by atomic mass is 32.2. The van der Waals surface area contributed by atoms with Gasteiger partial charge in [-0.15, -0.1) is 0 Å². The fourth-order valence-corrected chi connectivity index (χ4v) is 2.06. The van der Waals surface area contributed by atoms with Crippen molar-refractivity contribution in [3.63, 3.8) is 0 Å². The van der Waals surface area contributed by atoms with Gasteiger partial charge in [0.15, 0.2) is 0 Å². The number of amides is 2. The molecule has 0 saturated carbocycles. The Kier molecular flexibility index (Phi) is 4.72. The minimum absolute atomic E-state index is 0.310. The monoisotopic (exact) mass is 248 g/mol. The maximum Gasteiger partial charge on any atom is 0.326 e. The molecule has 0 aromatic heterocycles. The lowest BCUT2D eigenvalue weighted by Crippen LogP contribution is -2.46. The van der Waals surface area contributed by atoms with Gasteiger partial charge in [0.05, 0.1) is 0 Å². The Balaban J connectivity index is 2.41. The first-order valence-electron chi connectivity index (χ1n) is 5.09. The molecule has 1 fully saturated rings. The quantitative estimate of drug-likeness (QED) is 0.710. The first-order valence-corrected chi connectivity index (χ1v) is 6.82. The molecule has 2 unspecified atom stereocenters. The molecule has 1 heterocycles.